The Hall–Kier alpha value is -4.10. The summed E-state index contributed by atoms with van der Waals surface area (Å²) in [6, 6.07) is 26.8. The molecule has 0 bridgehead atoms. The molecule has 4 rings (SSSR count). The molecule has 0 saturated heterocycles. The molecule has 0 aliphatic rings. The van der Waals surface area contributed by atoms with Crippen molar-refractivity contribution in [3.05, 3.63) is 102 Å². The van der Waals surface area contributed by atoms with Crippen molar-refractivity contribution in [2.45, 2.75) is 32.9 Å². The van der Waals surface area contributed by atoms with Crippen LogP contribution < -0.4 is 10.7 Å². The number of hydrazine groups is 1. The number of rotatable bonds is 10. The Morgan fingerprint density at radius 3 is 2.03 bits per heavy atom. The van der Waals surface area contributed by atoms with Crippen LogP contribution in [0.15, 0.2) is 91.1 Å². The number of anilines is 1. The summed E-state index contributed by atoms with van der Waals surface area (Å²) < 4.78 is 1.47. The van der Waals surface area contributed by atoms with Crippen LogP contribution in [0.5, 0.6) is 0 Å². The van der Waals surface area contributed by atoms with Crippen molar-refractivity contribution >= 4 is 28.5 Å². The number of fused-ring (bicyclic) bond motifs is 1. The molecule has 0 spiro atoms. The first-order valence-electron chi connectivity index (χ1n) is 12.7. The van der Waals surface area contributed by atoms with Gasteiger partial charge in [0.15, 0.2) is 0 Å². The number of aromatic nitrogens is 1. The summed E-state index contributed by atoms with van der Waals surface area (Å²) >= 11 is 0. The molecule has 0 unspecified atom stereocenters. The number of nitrogens with two attached hydrogens (primary N) is 1. The Morgan fingerprint density at radius 1 is 0.838 bits per heavy atom. The van der Waals surface area contributed by atoms with Crippen LogP contribution in [0.4, 0.5) is 10.5 Å². The molecule has 1 aromatic heterocycles. The molecule has 3 aromatic carbocycles. The van der Waals surface area contributed by atoms with E-state index in [1.54, 1.807) is 11.1 Å². The van der Waals surface area contributed by atoms with Crippen LogP contribution in [0, 0.1) is 0 Å². The summed E-state index contributed by atoms with van der Waals surface area (Å²) in [6.45, 7) is 5.85. The maximum absolute atomic E-state index is 14.1. The highest BCUT2D eigenvalue weighted by molar-refractivity contribution is 5.99. The standard InChI is InChI=1S/C30H35N5O2/c1-4-34(35(5-2)28-22-33(30(31)37)26-19-13-12-18-25(26)28)27(20-23-14-8-6-9-15-23)29(36)32(3)21-24-16-10-7-11-17-24/h6-19,22,27H,4-5,20-21H2,1-3H3,(H2,31,37)/t27-/m0/s1. The van der Waals surface area contributed by atoms with Gasteiger partial charge in [-0.05, 0) is 30.5 Å². The normalized spacial score (nSPS) is 12.0. The Bertz CT molecular complexity index is 1340. The molecule has 0 radical (unpaired) electrons. The number of carbonyl (C=O) groups excluding carboxylic acids is 2. The summed E-state index contributed by atoms with van der Waals surface area (Å²) in [4.78, 5) is 28.1. The molecule has 1 heterocycles. The zero-order valence-corrected chi connectivity index (χ0v) is 21.7. The van der Waals surface area contributed by atoms with Gasteiger partial charge in [-0.2, -0.15) is 0 Å². The second-order valence-corrected chi connectivity index (χ2v) is 9.10. The first-order valence-corrected chi connectivity index (χ1v) is 12.7. The number of carbonyl (C=O) groups is 2. The fraction of sp³-hybridized carbons (Fsp3) is 0.267. The summed E-state index contributed by atoms with van der Waals surface area (Å²) in [5.41, 5.74) is 9.45. The summed E-state index contributed by atoms with van der Waals surface area (Å²) in [6.07, 6.45) is 2.33. The monoisotopic (exact) mass is 497 g/mol. The second kappa shape index (κ2) is 11.8. The molecule has 37 heavy (non-hydrogen) atoms. The fourth-order valence-electron chi connectivity index (χ4n) is 4.95. The number of hydrogen-bond acceptors (Lipinski definition) is 4. The van der Waals surface area contributed by atoms with Gasteiger partial charge in [0.2, 0.25) is 5.91 Å². The van der Waals surface area contributed by atoms with E-state index in [0.29, 0.717) is 26.1 Å². The lowest BCUT2D eigenvalue weighted by Gasteiger charge is -2.41. The Morgan fingerprint density at radius 2 is 1.43 bits per heavy atom. The lowest BCUT2D eigenvalue weighted by Crippen LogP contribution is -2.56. The maximum Gasteiger partial charge on any atom is 0.323 e. The number of benzene rings is 3. The van der Waals surface area contributed by atoms with E-state index in [2.05, 4.69) is 36.0 Å². The van der Waals surface area contributed by atoms with Crippen molar-refractivity contribution in [1.29, 1.82) is 0 Å². The lowest BCUT2D eigenvalue weighted by atomic mass is 10.0. The lowest BCUT2D eigenvalue weighted by molar-refractivity contribution is -0.136. The van der Waals surface area contributed by atoms with Crippen molar-refractivity contribution in [3.8, 4) is 0 Å². The summed E-state index contributed by atoms with van der Waals surface area (Å²) in [5.74, 6) is 0.0339. The summed E-state index contributed by atoms with van der Waals surface area (Å²) in [5, 5.41) is 5.12. The number of nitrogens with zero attached hydrogens (tertiary/aromatic N) is 4. The van der Waals surface area contributed by atoms with Crippen LogP contribution >= 0.6 is 0 Å². The van der Waals surface area contributed by atoms with Crippen LogP contribution in [0.1, 0.15) is 25.0 Å². The van der Waals surface area contributed by atoms with Gasteiger partial charge in [0.25, 0.3) is 0 Å². The fourth-order valence-corrected chi connectivity index (χ4v) is 4.95. The van der Waals surface area contributed by atoms with Crippen molar-refractivity contribution in [1.82, 2.24) is 14.5 Å². The van der Waals surface area contributed by atoms with Crippen molar-refractivity contribution in [3.63, 3.8) is 0 Å². The van der Waals surface area contributed by atoms with Crippen LogP contribution in [0.3, 0.4) is 0 Å². The van der Waals surface area contributed by atoms with E-state index in [4.69, 9.17) is 5.73 Å². The number of hydrogen-bond donors (Lipinski definition) is 1. The second-order valence-electron chi connectivity index (χ2n) is 9.10. The maximum atomic E-state index is 14.1. The molecule has 192 valence electrons. The van der Waals surface area contributed by atoms with Gasteiger partial charge < -0.3 is 15.6 Å². The third-order valence-electron chi connectivity index (χ3n) is 6.70. The van der Waals surface area contributed by atoms with E-state index < -0.39 is 12.1 Å². The van der Waals surface area contributed by atoms with E-state index in [9.17, 15) is 9.59 Å². The average Bonchev–Trinajstić information content (AvgIpc) is 3.31. The number of primary amides is 1. The number of para-hydroxylation sites is 1. The Kier molecular flexibility index (Phi) is 8.25. The number of amides is 2. The molecule has 0 saturated carbocycles. The predicted molar refractivity (Wildman–Crippen MR) is 149 cm³/mol. The number of likely N-dealkylation sites (N-methyl/N-ethyl adjacent to an activating group) is 2. The highest BCUT2D eigenvalue weighted by Gasteiger charge is 2.33. The molecule has 2 amide bonds. The van der Waals surface area contributed by atoms with E-state index in [1.807, 2.05) is 79.8 Å². The highest BCUT2D eigenvalue weighted by Crippen LogP contribution is 2.31. The minimum Gasteiger partial charge on any atom is -0.351 e. The van der Waals surface area contributed by atoms with Gasteiger partial charge in [0.05, 0.1) is 11.2 Å². The van der Waals surface area contributed by atoms with E-state index in [-0.39, 0.29) is 5.91 Å². The van der Waals surface area contributed by atoms with Crippen molar-refractivity contribution in [2.24, 2.45) is 5.73 Å². The van der Waals surface area contributed by atoms with Crippen LogP contribution in [0.25, 0.3) is 10.9 Å². The molecule has 0 aliphatic carbocycles. The zero-order chi connectivity index (χ0) is 26.4. The minimum atomic E-state index is -0.541. The molecule has 2 N–H and O–H groups in total. The highest BCUT2D eigenvalue weighted by atomic mass is 16.2. The zero-order valence-electron chi connectivity index (χ0n) is 21.7. The van der Waals surface area contributed by atoms with Gasteiger partial charge in [0, 0.05) is 38.3 Å². The van der Waals surface area contributed by atoms with Crippen LogP contribution in [0.2, 0.25) is 0 Å². The SMILES string of the molecule is CCN(c1cn(C(N)=O)c2ccccc12)N(CC)[C@@H](Cc1ccccc1)C(=O)N(C)Cc1ccccc1. The van der Waals surface area contributed by atoms with Gasteiger partial charge in [0.1, 0.15) is 6.04 Å². The molecule has 7 nitrogen and oxygen atoms in total. The van der Waals surface area contributed by atoms with Crippen LogP contribution in [-0.2, 0) is 17.8 Å². The largest absolute Gasteiger partial charge is 0.351 e. The van der Waals surface area contributed by atoms with Gasteiger partial charge in [-0.3, -0.25) is 9.36 Å². The Balaban J connectivity index is 1.74. The molecule has 0 aliphatic heterocycles. The van der Waals surface area contributed by atoms with Crippen LogP contribution in [-0.4, -0.2) is 52.6 Å². The molecule has 7 heteroatoms. The average molecular weight is 498 g/mol. The third-order valence-corrected chi connectivity index (χ3v) is 6.70. The van der Waals surface area contributed by atoms with E-state index in [0.717, 1.165) is 27.7 Å². The summed E-state index contributed by atoms with van der Waals surface area (Å²) in [7, 11) is 1.86. The predicted octanol–water partition coefficient (Wildman–Crippen LogP) is 4.90. The molecule has 1 atom stereocenters. The van der Waals surface area contributed by atoms with Gasteiger partial charge in [-0.15, -0.1) is 0 Å². The smallest absolute Gasteiger partial charge is 0.323 e. The van der Waals surface area contributed by atoms with Gasteiger partial charge in [-0.1, -0.05) is 85.8 Å². The van der Waals surface area contributed by atoms with Crippen molar-refractivity contribution < 1.29 is 9.59 Å². The Labute approximate surface area is 218 Å². The quantitative estimate of drug-likeness (QED) is 0.316. The molecular formula is C30H35N5O2. The topological polar surface area (TPSA) is 74.8 Å². The molecule has 0 fully saturated rings. The molecular weight excluding hydrogens is 462 g/mol. The first-order chi connectivity index (χ1) is 17.9. The first kappa shape index (κ1) is 26.0. The minimum absolute atomic E-state index is 0.0339. The van der Waals surface area contributed by atoms with Gasteiger partial charge in [-0.25, -0.2) is 9.80 Å². The third kappa shape index (κ3) is 5.67. The van der Waals surface area contributed by atoms with Gasteiger partial charge >= 0.3 is 6.03 Å². The molecule has 4 aromatic rings. The van der Waals surface area contributed by atoms with E-state index >= 15 is 0 Å². The van der Waals surface area contributed by atoms with Crippen molar-refractivity contribution in [2.75, 3.05) is 25.1 Å². The van der Waals surface area contributed by atoms with E-state index in [1.165, 1.54) is 4.57 Å².